The lowest BCUT2D eigenvalue weighted by atomic mass is 9.93. The number of rotatable bonds is 8. The molecule has 0 amide bonds. The van der Waals surface area contributed by atoms with Crippen LogP contribution in [0.2, 0.25) is 0 Å². The molecular formula is C17H28O3. The Labute approximate surface area is 122 Å². The van der Waals surface area contributed by atoms with Crippen molar-refractivity contribution in [3.63, 3.8) is 0 Å². The van der Waals surface area contributed by atoms with Crippen molar-refractivity contribution >= 4 is 0 Å². The van der Waals surface area contributed by atoms with Gasteiger partial charge in [-0.15, -0.1) is 0 Å². The van der Waals surface area contributed by atoms with Crippen molar-refractivity contribution in [3.05, 3.63) is 16.7 Å². The summed E-state index contributed by atoms with van der Waals surface area (Å²) in [4.78, 5) is 0. The molecule has 1 aromatic carbocycles. The van der Waals surface area contributed by atoms with E-state index < -0.39 is 0 Å². The van der Waals surface area contributed by atoms with Gasteiger partial charge in [-0.05, 0) is 25.7 Å². The molecule has 114 valence electrons. The molecule has 0 aromatic heterocycles. The number of phenols is 3. The summed E-state index contributed by atoms with van der Waals surface area (Å²) in [5, 5.41) is 31.0. The quantitative estimate of drug-likeness (QED) is 0.617. The third-order valence-corrected chi connectivity index (χ3v) is 3.75. The maximum atomic E-state index is 10.4. The standard InChI is InChI=1S/C17H28O3/c1-4-7-8-11-14-16(19)12(9-5-2)15(18)13(10-6-3)17(14)20/h18-20H,4-11H2,1-3H3. The zero-order valence-electron chi connectivity index (χ0n) is 13.0. The van der Waals surface area contributed by atoms with Gasteiger partial charge in [0.1, 0.15) is 17.2 Å². The zero-order valence-corrected chi connectivity index (χ0v) is 13.0. The predicted molar refractivity (Wildman–Crippen MR) is 82.7 cm³/mol. The monoisotopic (exact) mass is 280 g/mol. The summed E-state index contributed by atoms with van der Waals surface area (Å²) < 4.78 is 0. The van der Waals surface area contributed by atoms with Crippen LogP contribution in [-0.4, -0.2) is 15.3 Å². The van der Waals surface area contributed by atoms with Crippen LogP contribution in [0.1, 0.15) is 69.6 Å². The summed E-state index contributed by atoms with van der Waals surface area (Å²) in [6, 6.07) is 0. The van der Waals surface area contributed by atoms with Gasteiger partial charge in [-0.3, -0.25) is 0 Å². The number of aromatic hydroxyl groups is 3. The van der Waals surface area contributed by atoms with E-state index >= 15 is 0 Å². The van der Waals surface area contributed by atoms with E-state index in [4.69, 9.17) is 0 Å². The van der Waals surface area contributed by atoms with Crippen LogP contribution in [0, 0.1) is 0 Å². The fourth-order valence-corrected chi connectivity index (χ4v) is 2.65. The third kappa shape index (κ3) is 3.59. The van der Waals surface area contributed by atoms with E-state index in [1.54, 1.807) is 0 Å². The minimum absolute atomic E-state index is 0.0861. The molecule has 0 aliphatic heterocycles. The maximum Gasteiger partial charge on any atom is 0.129 e. The minimum Gasteiger partial charge on any atom is -0.507 e. The summed E-state index contributed by atoms with van der Waals surface area (Å²) in [5.74, 6) is 0.276. The van der Waals surface area contributed by atoms with Gasteiger partial charge in [0.25, 0.3) is 0 Å². The molecule has 0 aliphatic rings. The fraction of sp³-hybridized carbons (Fsp3) is 0.647. The van der Waals surface area contributed by atoms with E-state index in [-0.39, 0.29) is 17.2 Å². The summed E-state index contributed by atoms with van der Waals surface area (Å²) in [5.41, 5.74) is 1.81. The first-order chi connectivity index (χ1) is 9.58. The molecule has 0 heterocycles. The van der Waals surface area contributed by atoms with Crippen molar-refractivity contribution in [1.29, 1.82) is 0 Å². The Morgan fingerprint density at radius 3 is 1.30 bits per heavy atom. The van der Waals surface area contributed by atoms with Gasteiger partial charge in [0.2, 0.25) is 0 Å². The Balaban J connectivity index is 3.25. The van der Waals surface area contributed by atoms with E-state index in [0.717, 1.165) is 32.1 Å². The van der Waals surface area contributed by atoms with Gasteiger partial charge in [-0.25, -0.2) is 0 Å². The smallest absolute Gasteiger partial charge is 0.129 e. The van der Waals surface area contributed by atoms with E-state index in [1.165, 1.54) is 0 Å². The second kappa shape index (κ2) is 8.03. The Morgan fingerprint density at radius 1 is 0.550 bits per heavy atom. The first kappa shape index (κ1) is 16.7. The highest BCUT2D eigenvalue weighted by molar-refractivity contribution is 5.61. The second-order valence-corrected chi connectivity index (χ2v) is 5.44. The molecule has 0 unspecified atom stereocenters. The Morgan fingerprint density at radius 2 is 0.950 bits per heavy atom. The highest BCUT2D eigenvalue weighted by Crippen LogP contribution is 2.43. The van der Waals surface area contributed by atoms with Crippen LogP contribution in [0.15, 0.2) is 0 Å². The first-order valence-corrected chi connectivity index (χ1v) is 7.85. The number of unbranched alkanes of at least 4 members (excludes halogenated alkanes) is 2. The minimum atomic E-state index is 0.0861. The summed E-state index contributed by atoms with van der Waals surface area (Å²) >= 11 is 0. The van der Waals surface area contributed by atoms with Crippen molar-refractivity contribution in [1.82, 2.24) is 0 Å². The van der Waals surface area contributed by atoms with Crippen LogP contribution in [0.3, 0.4) is 0 Å². The zero-order chi connectivity index (χ0) is 15.1. The lowest BCUT2D eigenvalue weighted by Gasteiger charge is -2.18. The highest BCUT2D eigenvalue weighted by atomic mass is 16.3. The van der Waals surface area contributed by atoms with Gasteiger partial charge in [-0.2, -0.15) is 0 Å². The van der Waals surface area contributed by atoms with E-state index in [0.29, 0.717) is 36.0 Å². The second-order valence-electron chi connectivity index (χ2n) is 5.44. The lowest BCUT2D eigenvalue weighted by molar-refractivity contribution is 0.400. The molecular weight excluding hydrogens is 252 g/mol. The molecule has 0 saturated carbocycles. The molecule has 0 bridgehead atoms. The Kier molecular flexibility index (Phi) is 6.69. The lowest BCUT2D eigenvalue weighted by Crippen LogP contribution is -1.99. The van der Waals surface area contributed by atoms with Gasteiger partial charge >= 0.3 is 0 Å². The third-order valence-electron chi connectivity index (χ3n) is 3.75. The summed E-state index contributed by atoms with van der Waals surface area (Å²) in [7, 11) is 0. The molecule has 3 nitrogen and oxygen atoms in total. The van der Waals surface area contributed by atoms with Gasteiger partial charge in [0, 0.05) is 16.7 Å². The van der Waals surface area contributed by atoms with Crippen LogP contribution in [0.5, 0.6) is 17.2 Å². The number of hydrogen-bond acceptors (Lipinski definition) is 3. The molecule has 0 aliphatic carbocycles. The van der Waals surface area contributed by atoms with Crippen LogP contribution >= 0.6 is 0 Å². The number of benzene rings is 1. The van der Waals surface area contributed by atoms with Crippen molar-refractivity contribution in [2.45, 2.75) is 72.1 Å². The average molecular weight is 280 g/mol. The topological polar surface area (TPSA) is 60.7 Å². The van der Waals surface area contributed by atoms with E-state index in [1.807, 2.05) is 13.8 Å². The number of hydrogen-bond donors (Lipinski definition) is 3. The molecule has 3 heteroatoms. The predicted octanol–water partition coefficient (Wildman–Crippen LogP) is 4.44. The molecule has 1 rings (SSSR count). The van der Waals surface area contributed by atoms with Crippen LogP contribution in [0.4, 0.5) is 0 Å². The molecule has 0 saturated heterocycles. The van der Waals surface area contributed by atoms with Crippen molar-refractivity contribution in [3.8, 4) is 17.2 Å². The highest BCUT2D eigenvalue weighted by Gasteiger charge is 2.21. The van der Waals surface area contributed by atoms with E-state index in [2.05, 4.69) is 6.92 Å². The van der Waals surface area contributed by atoms with Crippen molar-refractivity contribution in [2.75, 3.05) is 0 Å². The number of phenolic OH excluding ortho intramolecular Hbond substituents is 3. The van der Waals surface area contributed by atoms with Gasteiger partial charge in [0.15, 0.2) is 0 Å². The van der Waals surface area contributed by atoms with E-state index in [9.17, 15) is 15.3 Å². The SMILES string of the molecule is CCCCCc1c(O)c(CCC)c(O)c(CCC)c1O. The molecule has 20 heavy (non-hydrogen) atoms. The van der Waals surface area contributed by atoms with Crippen LogP contribution < -0.4 is 0 Å². The average Bonchev–Trinajstić information content (AvgIpc) is 2.43. The van der Waals surface area contributed by atoms with Crippen molar-refractivity contribution < 1.29 is 15.3 Å². The summed E-state index contributed by atoms with van der Waals surface area (Å²) in [6.45, 7) is 6.16. The molecule has 0 radical (unpaired) electrons. The first-order valence-electron chi connectivity index (χ1n) is 7.85. The van der Waals surface area contributed by atoms with Gasteiger partial charge < -0.3 is 15.3 Å². The largest absolute Gasteiger partial charge is 0.507 e. The summed E-state index contributed by atoms with van der Waals surface area (Å²) in [6.07, 6.45) is 6.76. The molecule has 3 N–H and O–H groups in total. The molecule has 0 spiro atoms. The molecule has 0 fully saturated rings. The fourth-order valence-electron chi connectivity index (χ4n) is 2.65. The van der Waals surface area contributed by atoms with Crippen LogP contribution in [-0.2, 0) is 19.3 Å². The van der Waals surface area contributed by atoms with Gasteiger partial charge in [-0.1, -0.05) is 46.5 Å². The maximum absolute atomic E-state index is 10.4. The van der Waals surface area contributed by atoms with Crippen molar-refractivity contribution in [2.24, 2.45) is 0 Å². The Bertz CT molecular complexity index is 405. The molecule has 1 aromatic rings. The van der Waals surface area contributed by atoms with Gasteiger partial charge in [0.05, 0.1) is 0 Å². The van der Waals surface area contributed by atoms with Crippen LogP contribution in [0.25, 0.3) is 0 Å². The Hall–Kier alpha value is -1.38. The normalized spacial score (nSPS) is 10.9. The molecule has 0 atom stereocenters.